The minimum absolute atomic E-state index is 0.0878. The molecule has 0 radical (unpaired) electrons. The molecule has 210 valence electrons. The van der Waals surface area contributed by atoms with Crippen LogP contribution >= 0.6 is 0 Å². The lowest BCUT2D eigenvalue weighted by Gasteiger charge is -2.30. The van der Waals surface area contributed by atoms with Crippen LogP contribution in [0.4, 0.5) is 14.5 Å². The van der Waals surface area contributed by atoms with E-state index in [2.05, 4.69) is 0 Å². The largest absolute Gasteiger partial charge is 0.493 e. The van der Waals surface area contributed by atoms with Gasteiger partial charge in [0.05, 0.1) is 12.2 Å². The number of carboxylic acids is 1. The van der Waals surface area contributed by atoms with Gasteiger partial charge in [-0.05, 0) is 112 Å². The molecule has 0 saturated carbocycles. The first-order valence-corrected chi connectivity index (χ1v) is 13.5. The number of rotatable bonds is 5. The number of halogens is 2. The van der Waals surface area contributed by atoms with Gasteiger partial charge < -0.3 is 19.5 Å². The van der Waals surface area contributed by atoms with Gasteiger partial charge in [0.15, 0.2) is 6.10 Å². The number of benzene rings is 3. The average molecular weight is 550 g/mol. The predicted octanol–water partition coefficient (Wildman–Crippen LogP) is 6.72. The van der Waals surface area contributed by atoms with Crippen molar-refractivity contribution in [2.45, 2.75) is 65.6 Å². The Morgan fingerprint density at radius 1 is 1.02 bits per heavy atom. The van der Waals surface area contributed by atoms with Gasteiger partial charge in [0.2, 0.25) is 0 Å². The van der Waals surface area contributed by atoms with Crippen molar-refractivity contribution in [1.29, 1.82) is 0 Å². The van der Waals surface area contributed by atoms with Gasteiger partial charge in [-0.25, -0.2) is 13.6 Å². The zero-order valence-electron chi connectivity index (χ0n) is 23.4. The van der Waals surface area contributed by atoms with E-state index in [0.717, 1.165) is 64.6 Å². The highest BCUT2D eigenvalue weighted by Gasteiger charge is 2.37. The number of nitrogens with zero attached hydrogens (tertiary/aromatic N) is 1. The summed E-state index contributed by atoms with van der Waals surface area (Å²) < 4.78 is 39.9. The summed E-state index contributed by atoms with van der Waals surface area (Å²) in [6, 6.07) is 8.43. The van der Waals surface area contributed by atoms with Gasteiger partial charge in [0.25, 0.3) is 5.91 Å². The first-order chi connectivity index (χ1) is 18.9. The molecule has 3 aromatic rings. The van der Waals surface area contributed by atoms with Crippen molar-refractivity contribution in [3.63, 3.8) is 0 Å². The molecule has 0 fully saturated rings. The highest BCUT2D eigenvalue weighted by Crippen LogP contribution is 2.47. The summed E-state index contributed by atoms with van der Waals surface area (Å²) >= 11 is 0. The monoisotopic (exact) mass is 549 g/mol. The smallest absolute Gasteiger partial charge is 0.337 e. The van der Waals surface area contributed by atoms with Crippen molar-refractivity contribution >= 4 is 17.6 Å². The maximum absolute atomic E-state index is 14.0. The number of carboxylic acid groups (broad SMARTS) is 1. The molecule has 1 atom stereocenters. The fraction of sp³-hybridized carbons (Fsp3) is 0.375. The van der Waals surface area contributed by atoms with Gasteiger partial charge in [-0.15, -0.1) is 0 Å². The van der Waals surface area contributed by atoms with Gasteiger partial charge in [0, 0.05) is 29.4 Å². The maximum Gasteiger partial charge on any atom is 0.337 e. The van der Waals surface area contributed by atoms with Crippen molar-refractivity contribution in [2.75, 3.05) is 18.1 Å². The van der Waals surface area contributed by atoms with Crippen LogP contribution in [0.1, 0.15) is 71.5 Å². The molecule has 6 nitrogen and oxygen atoms in total. The summed E-state index contributed by atoms with van der Waals surface area (Å²) in [7, 11) is 0. The second-order valence-electron chi connectivity index (χ2n) is 11.5. The molecule has 8 heteroatoms. The van der Waals surface area contributed by atoms with Crippen molar-refractivity contribution in [3.05, 3.63) is 81.4 Å². The molecule has 5 rings (SSSR count). The van der Waals surface area contributed by atoms with Crippen LogP contribution < -0.4 is 9.64 Å². The minimum atomic E-state index is -1.26. The van der Waals surface area contributed by atoms with Crippen molar-refractivity contribution in [1.82, 2.24) is 0 Å². The minimum Gasteiger partial charge on any atom is -0.493 e. The van der Waals surface area contributed by atoms with Crippen LogP contribution in [0, 0.1) is 25.5 Å². The Hall–Kier alpha value is -3.78. The standard InChI is InChI=1S/C32H33F2NO5/c1-17-13-25-24(10-11-35(25)30(36)19-14-20(33)16-21(34)15-19)28(27(17)29(31(37)38)40-32(3,4)5)23-8-9-26-22(18(23)2)7-6-12-39-26/h8-9,13-16,29H,6-7,10-12H2,1-5H3,(H,37,38). The molecule has 3 aromatic carbocycles. The SMILES string of the molecule is Cc1cc2c(c(-c3ccc4c(c3C)CCCO4)c1C(OC(C)(C)C)C(=O)O)CCN2C(=O)c1cc(F)cc(F)c1. The van der Waals surface area contributed by atoms with E-state index >= 15 is 0 Å². The summed E-state index contributed by atoms with van der Waals surface area (Å²) in [6.45, 7) is 10.2. The molecule has 1 unspecified atom stereocenters. The number of anilines is 1. The van der Waals surface area contributed by atoms with Crippen LogP contribution in [0.25, 0.3) is 11.1 Å². The molecule has 2 aliphatic heterocycles. The third-order valence-corrected chi connectivity index (χ3v) is 7.50. The lowest BCUT2D eigenvalue weighted by Crippen LogP contribution is -2.30. The molecule has 0 spiro atoms. The van der Waals surface area contributed by atoms with Gasteiger partial charge in [-0.1, -0.05) is 6.07 Å². The predicted molar refractivity (Wildman–Crippen MR) is 148 cm³/mol. The summed E-state index contributed by atoms with van der Waals surface area (Å²) in [5, 5.41) is 10.4. The van der Waals surface area contributed by atoms with Crippen molar-refractivity contribution in [2.24, 2.45) is 0 Å². The van der Waals surface area contributed by atoms with Gasteiger partial charge in [-0.3, -0.25) is 4.79 Å². The third-order valence-electron chi connectivity index (χ3n) is 7.50. The molecule has 0 aromatic heterocycles. The quantitative estimate of drug-likeness (QED) is 0.383. The van der Waals surface area contributed by atoms with Crippen LogP contribution in [-0.2, 0) is 22.4 Å². The second kappa shape index (κ2) is 10.3. The molecule has 0 aliphatic carbocycles. The fourth-order valence-corrected chi connectivity index (χ4v) is 5.85. The maximum atomic E-state index is 14.0. The molecule has 2 aliphatic rings. The Bertz CT molecular complexity index is 1500. The molecule has 40 heavy (non-hydrogen) atoms. The Morgan fingerprint density at radius 2 is 1.73 bits per heavy atom. The number of fused-ring (bicyclic) bond motifs is 2. The normalized spacial score (nSPS) is 15.3. The zero-order valence-corrected chi connectivity index (χ0v) is 23.4. The van der Waals surface area contributed by atoms with Crippen molar-refractivity contribution in [3.8, 4) is 16.9 Å². The zero-order chi connectivity index (χ0) is 28.9. The van der Waals surface area contributed by atoms with Crippen LogP contribution in [0.5, 0.6) is 5.75 Å². The lowest BCUT2D eigenvalue weighted by molar-refractivity contribution is -0.160. The Labute approximate surface area is 232 Å². The third kappa shape index (κ3) is 5.08. The van der Waals surface area contributed by atoms with E-state index in [-0.39, 0.29) is 12.1 Å². The molecular weight excluding hydrogens is 516 g/mol. The first-order valence-electron chi connectivity index (χ1n) is 13.5. The number of ether oxygens (including phenoxy) is 2. The van der Waals surface area contributed by atoms with Gasteiger partial charge >= 0.3 is 5.97 Å². The number of carbonyl (C=O) groups excluding carboxylic acids is 1. The Morgan fingerprint density at radius 3 is 2.38 bits per heavy atom. The molecule has 1 amide bonds. The van der Waals surface area contributed by atoms with Crippen LogP contribution in [0.15, 0.2) is 36.4 Å². The van der Waals surface area contributed by atoms with Crippen molar-refractivity contribution < 1.29 is 33.0 Å². The van der Waals surface area contributed by atoms with E-state index in [9.17, 15) is 23.5 Å². The summed E-state index contributed by atoms with van der Waals surface area (Å²) in [4.78, 5) is 27.7. The van der Waals surface area contributed by atoms with E-state index in [4.69, 9.17) is 9.47 Å². The summed E-state index contributed by atoms with van der Waals surface area (Å²) in [5.74, 6) is -2.47. The highest BCUT2D eigenvalue weighted by atomic mass is 19.1. The molecule has 1 N–H and O–H groups in total. The summed E-state index contributed by atoms with van der Waals surface area (Å²) in [6.07, 6.45) is 0.910. The van der Waals surface area contributed by atoms with Crippen LogP contribution in [0.2, 0.25) is 0 Å². The van der Waals surface area contributed by atoms with Gasteiger partial charge in [-0.2, -0.15) is 0 Å². The molecule has 0 bridgehead atoms. The van der Waals surface area contributed by atoms with E-state index < -0.39 is 35.2 Å². The van der Waals surface area contributed by atoms with E-state index in [1.165, 1.54) is 4.90 Å². The number of carbonyl (C=O) groups is 2. The Kier molecular flexibility index (Phi) is 7.17. The second-order valence-corrected chi connectivity index (χ2v) is 11.5. The fourth-order valence-electron chi connectivity index (χ4n) is 5.85. The van der Waals surface area contributed by atoms with E-state index in [1.54, 1.807) is 13.0 Å². The number of aliphatic carboxylic acids is 1. The lowest BCUT2D eigenvalue weighted by atomic mass is 9.83. The Balaban J connectivity index is 1.75. The first kappa shape index (κ1) is 27.8. The van der Waals surface area contributed by atoms with Crippen LogP contribution in [-0.4, -0.2) is 35.7 Å². The number of amides is 1. The number of aryl methyl sites for hydroxylation is 1. The molecular formula is C32H33F2NO5. The molecule has 2 heterocycles. The summed E-state index contributed by atoms with van der Waals surface area (Å²) in [5.41, 5.74) is 5.39. The van der Waals surface area contributed by atoms with Crippen LogP contribution in [0.3, 0.4) is 0 Å². The number of hydrogen-bond donors (Lipinski definition) is 1. The van der Waals surface area contributed by atoms with Gasteiger partial charge in [0.1, 0.15) is 17.4 Å². The highest BCUT2D eigenvalue weighted by molar-refractivity contribution is 6.08. The topological polar surface area (TPSA) is 76.1 Å². The number of hydrogen-bond acceptors (Lipinski definition) is 4. The van der Waals surface area contributed by atoms with E-state index in [1.807, 2.05) is 39.8 Å². The molecule has 0 saturated heterocycles. The van der Waals surface area contributed by atoms with E-state index in [0.29, 0.717) is 29.8 Å². The average Bonchev–Trinajstić information content (AvgIpc) is 3.29.